The van der Waals surface area contributed by atoms with E-state index in [1.165, 1.54) is 16.3 Å². The summed E-state index contributed by atoms with van der Waals surface area (Å²) in [5, 5.41) is 6.46. The van der Waals surface area contributed by atoms with Gasteiger partial charge in [0, 0.05) is 0 Å². The Morgan fingerprint density at radius 1 is 0.917 bits per heavy atom. The summed E-state index contributed by atoms with van der Waals surface area (Å²) in [7, 11) is 1.60. The van der Waals surface area contributed by atoms with Gasteiger partial charge in [0.25, 0.3) is 0 Å². The highest BCUT2D eigenvalue weighted by Gasteiger charge is 2.13. The Bertz CT molecular complexity index is 1360. The molecule has 0 aliphatic heterocycles. The van der Waals surface area contributed by atoms with Gasteiger partial charge >= 0.3 is 0 Å². The van der Waals surface area contributed by atoms with Crippen molar-refractivity contribution in [3.63, 3.8) is 0 Å². The summed E-state index contributed by atoms with van der Waals surface area (Å²) < 4.78 is 11.6. The van der Waals surface area contributed by atoms with Crippen molar-refractivity contribution in [2.45, 2.75) is 39.2 Å². The molecule has 0 fully saturated rings. The van der Waals surface area contributed by atoms with Crippen molar-refractivity contribution >= 4 is 22.9 Å². The largest absolute Gasteiger partial charge is 0.493 e. The fourth-order valence-corrected chi connectivity index (χ4v) is 3.98. The number of amides is 1. The molecule has 0 saturated heterocycles. The van der Waals surface area contributed by atoms with E-state index in [0.29, 0.717) is 18.1 Å². The highest BCUT2D eigenvalue weighted by atomic mass is 16.5. The first-order valence-electron chi connectivity index (χ1n) is 12.0. The topological polar surface area (TPSA) is 59.9 Å². The van der Waals surface area contributed by atoms with E-state index in [1.807, 2.05) is 48.5 Å². The summed E-state index contributed by atoms with van der Waals surface area (Å²) in [6, 6.07) is 28.1. The van der Waals surface area contributed by atoms with Crippen LogP contribution in [0.25, 0.3) is 10.8 Å². The van der Waals surface area contributed by atoms with Gasteiger partial charge in [-0.1, -0.05) is 87.5 Å². The molecule has 0 radical (unpaired) electrons. The molecular formula is C31H32N2O3. The maximum Gasteiger partial charge on any atom is 0.244 e. The molecule has 36 heavy (non-hydrogen) atoms. The van der Waals surface area contributed by atoms with Crippen molar-refractivity contribution < 1.29 is 14.3 Å². The second-order valence-corrected chi connectivity index (χ2v) is 9.75. The lowest BCUT2D eigenvalue weighted by Gasteiger charge is -2.19. The van der Waals surface area contributed by atoms with Crippen molar-refractivity contribution in [1.29, 1.82) is 0 Å². The highest BCUT2D eigenvalue weighted by Crippen LogP contribution is 2.29. The molecule has 4 rings (SSSR count). The van der Waals surface area contributed by atoms with Crippen LogP contribution in [0.2, 0.25) is 0 Å². The molecule has 0 saturated carbocycles. The molecule has 0 atom stereocenters. The fourth-order valence-electron chi connectivity index (χ4n) is 3.98. The number of hydrogen-bond donors (Lipinski definition) is 1. The summed E-state index contributed by atoms with van der Waals surface area (Å²) in [5.74, 6) is 1.08. The molecule has 0 bridgehead atoms. The van der Waals surface area contributed by atoms with E-state index in [1.54, 1.807) is 13.3 Å². The maximum atomic E-state index is 12.3. The van der Waals surface area contributed by atoms with Crippen LogP contribution in [0.3, 0.4) is 0 Å². The van der Waals surface area contributed by atoms with Crippen molar-refractivity contribution in [1.82, 2.24) is 5.43 Å². The minimum absolute atomic E-state index is 0.0860. The van der Waals surface area contributed by atoms with E-state index in [-0.39, 0.29) is 17.7 Å². The number of ether oxygens (including phenoxy) is 2. The van der Waals surface area contributed by atoms with Crippen LogP contribution in [-0.4, -0.2) is 19.2 Å². The molecule has 0 aliphatic rings. The molecule has 4 aromatic carbocycles. The molecule has 1 amide bonds. The van der Waals surface area contributed by atoms with Gasteiger partial charge in [-0.25, -0.2) is 5.43 Å². The Morgan fingerprint density at radius 2 is 1.67 bits per heavy atom. The lowest BCUT2D eigenvalue weighted by Crippen LogP contribution is -2.20. The molecule has 0 unspecified atom stereocenters. The van der Waals surface area contributed by atoms with E-state index < -0.39 is 0 Å². The third-order valence-electron chi connectivity index (χ3n) is 6.04. The van der Waals surface area contributed by atoms with Gasteiger partial charge in [-0.2, -0.15) is 5.10 Å². The molecule has 1 N–H and O–H groups in total. The van der Waals surface area contributed by atoms with Crippen LogP contribution >= 0.6 is 0 Å². The van der Waals surface area contributed by atoms with Crippen LogP contribution < -0.4 is 14.9 Å². The van der Waals surface area contributed by atoms with Crippen molar-refractivity contribution in [2.24, 2.45) is 5.10 Å². The Hall–Kier alpha value is -4.12. The smallest absolute Gasteiger partial charge is 0.244 e. The quantitative estimate of drug-likeness (QED) is 0.234. The summed E-state index contributed by atoms with van der Waals surface area (Å²) in [5.41, 5.74) is 6.77. The number of hydrogen-bond acceptors (Lipinski definition) is 4. The third kappa shape index (κ3) is 6.30. The predicted molar refractivity (Wildman–Crippen MR) is 146 cm³/mol. The Balaban J connectivity index is 1.35. The Morgan fingerprint density at radius 3 is 2.42 bits per heavy atom. The number of hydrazone groups is 1. The average molecular weight is 481 g/mol. The van der Waals surface area contributed by atoms with E-state index in [2.05, 4.69) is 67.7 Å². The molecule has 184 valence electrons. The number of carbonyl (C=O) groups is 1. The van der Waals surface area contributed by atoms with Crippen molar-refractivity contribution in [3.8, 4) is 11.5 Å². The minimum atomic E-state index is -0.170. The number of methoxy groups -OCH3 is 1. The minimum Gasteiger partial charge on any atom is -0.493 e. The molecule has 0 heterocycles. The van der Waals surface area contributed by atoms with E-state index >= 15 is 0 Å². The van der Waals surface area contributed by atoms with Crippen LogP contribution in [0.1, 0.15) is 43.0 Å². The van der Waals surface area contributed by atoms with Crippen LogP contribution in [0.4, 0.5) is 0 Å². The van der Waals surface area contributed by atoms with Gasteiger partial charge in [0.2, 0.25) is 5.91 Å². The van der Waals surface area contributed by atoms with Gasteiger partial charge in [0.1, 0.15) is 6.61 Å². The number of nitrogens with one attached hydrogen (secondary N) is 1. The summed E-state index contributed by atoms with van der Waals surface area (Å²) >= 11 is 0. The Labute approximate surface area is 212 Å². The molecular weight excluding hydrogens is 448 g/mol. The molecule has 5 heteroatoms. The zero-order valence-electron chi connectivity index (χ0n) is 21.2. The van der Waals surface area contributed by atoms with Gasteiger partial charge < -0.3 is 9.47 Å². The average Bonchev–Trinajstić information content (AvgIpc) is 2.87. The highest BCUT2D eigenvalue weighted by molar-refractivity contribution is 5.86. The monoisotopic (exact) mass is 480 g/mol. The van der Waals surface area contributed by atoms with E-state index in [9.17, 15) is 4.79 Å². The van der Waals surface area contributed by atoms with Gasteiger partial charge in [-0.05, 0) is 56.6 Å². The maximum absolute atomic E-state index is 12.3. The van der Waals surface area contributed by atoms with Gasteiger partial charge in [0.05, 0.1) is 19.7 Å². The standard InChI is InChI=1S/C31H32N2O3/c1-31(2,3)26-15-12-22(13-16-26)19-30(34)33-32-20-23-14-17-28(29(18-23)35-4)36-21-25-10-7-9-24-8-5-6-11-27(24)25/h5-18,20H,19,21H2,1-4H3,(H,33,34)/b32-20-. The number of fused-ring (bicyclic) bond motifs is 1. The first-order chi connectivity index (χ1) is 17.3. The normalized spacial score (nSPS) is 11.6. The first kappa shape index (κ1) is 25.0. The van der Waals surface area contributed by atoms with E-state index in [0.717, 1.165) is 16.7 Å². The van der Waals surface area contributed by atoms with Crippen LogP contribution in [0.5, 0.6) is 11.5 Å². The Kier molecular flexibility index (Phi) is 7.69. The number of carbonyl (C=O) groups excluding carboxylic acids is 1. The van der Waals surface area contributed by atoms with E-state index in [4.69, 9.17) is 9.47 Å². The summed E-state index contributed by atoms with van der Waals surface area (Å²) in [4.78, 5) is 12.3. The summed E-state index contributed by atoms with van der Waals surface area (Å²) in [6.07, 6.45) is 1.86. The molecule has 0 aromatic heterocycles. The van der Waals surface area contributed by atoms with Crippen LogP contribution in [-0.2, 0) is 23.2 Å². The van der Waals surface area contributed by atoms with Gasteiger partial charge in [0.15, 0.2) is 11.5 Å². The molecule has 5 nitrogen and oxygen atoms in total. The molecule has 0 spiro atoms. The van der Waals surface area contributed by atoms with Crippen LogP contribution in [0.15, 0.2) is 90.0 Å². The van der Waals surface area contributed by atoms with Crippen LogP contribution in [0, 0.1) is 0 Å². The summed E-state index contributed by atoms with van der Waals surface area (Å²) in [6.45, 7) is 6.93. The second-order valence-electron chi connectivity index (χ2n) is 9.75. The predicted octanol–water partition coefficient (Wildman–Crippen LogP) is 6.42. The zero-order valence-corrected chi connectivity index (χ0v) is 21.2. The molecule has 4 aromatic rings. The SMILES string of the molecule is COc1cc(/C=N\NC(=O)Cc2ccc(C(C)(C)C)cc2)ccc1OCc1cccc2ccccc12. The number of benzene rings is 4. The van der Waals surface area contributed by atoms with Crippen molar-refractivity contribution in [3.05, 3.63) is 107 Å². The van der Waals surface area contributed by atoms with Crippen molar-refractivity contribution in [2.75, 3.05) is 7.11 Å². The molecule has 0 aliphatic carbocycles. The fraction of sp³-hybridized carbons (Fsp3) is 0.226. The lowest BCUT2D eigenvalue weighted by molar-refractivity contribution is -0.120. The second kappa shape index (κ2) is 11.1. The number of nitrogens with zero attached hydrogens (tertiary/aromatic N) is 1. The van der Waals surface area contributed by atoms with Gasteiger partial charge in [-0.3, -0.25) is 4.79 Å². The third-order valence-corrected chi connectivity index (χ3v) is 6.04. The number of rotatable bonds is 8. The first-order valence-corrected chi connectivity index (χ1v) is 12.0. The zero-order chi connectivity index (χ0) is 25.5. The van der Waals surface area contributed by atoms with Gasteiger partial charge in [-0.15, -0.1) is 0 Å². The lowest BCUT2D eigenvalue weighted by atomic mass is 9.86.